The van der Waals surface area contributed by atoms with Crippen molar-refractivity contribution >= 4 is 128 Å². The molecule has 0 atom stereocenters. The van der Waals surface area contributed by atoms with E-state index >= 15 is 0 Å². The predicted molar refractivity (Wildman–Crippen MR) is 314 cm³/mol. The number of carbonyl (C=O) groups excluding carboxylic acids is 2. The molecule has 0 aliphatic carbocycles. The van der Waals surface area contributed by atoms with Crippen molar-refractivity contribution in [2.45, 2.75) is 18.2 Å². The summed E-state index contributed by atoms with van der Waals surface area (Å²) in [7, 11) is 2.91. The average Bonchev–Trinajstić information content (AvgIpc) is 3.46. The first-order valence-electron chi connectivity index (χ1n) is 22.5. The molecule has 5 heterocycles. The van der Waals surface area contributed by atoms with Crippen molar-refractivity contribution in [3.63, 3.8) is 0 Å². The van der Waals surface area contributed by atoms with Gasteiger partial charge < -0.3 is 11.1 Å². The molecule has 0 saturated heterocycles. The Morgan fingerprint density at radius 2 is 0.902 bits per heavy atom. The Morgan fingerprint density at radius 3 is 1.27 bits per heavy atom. The third-order valence-corrected chi connectivity index (χ3v) is 11.9. The minimum atomic E-state index is -0.638. The van der Waals surface area contributed by atoms with Gasteiger partial charge in [-0.1, -0.05) is 121 Å². The van der Waals surface area contributed by atoms with Crippen molar-refractivity contribution in [2.75, 3.05) is 5.32 Å². The number of amides is 2. The van der Waals surface area contributed by atoms with Crippen molar-refractivity contribution in [1.82, 2.24) is 50.2 Å². The second-order valence-electron chi connectivity index (χ2n) is 15.6. The zero-order chi connectivity index (χ0) is 61.1. The summed E-state index contributed by atoms with van der Waals surface area (Å²) in [6.45, 7) is 3.57. The Morgan fingerprint density at radius 1 is 0.524 bits per heavy atom. The molecule has 30 heteroatoms. The van der Waals surface area contributed by atoms with Gasteiger partial charge in [-0.2, -0.15) is 38.9 Å². The Hall–Kier alpha value is -5.98. The summed E-state index contributed by atoms with van der Waals surface area (Å²) in [5.41, 5.74) is 9.26. The summed E-state index contributed by atoms with van der Waals surface area (Å²) in [5, 5.41) is 34.8. The van der Waals surface area contributed by atoms with Gasteiger partial charge in [-0.05, 0) is 102 Å². The van der Waals surface area contributed by atoms with Gasteiger partial charge in [-0.25, -0.2) is 26.9 Å². The summed E-state index contributed by atoms with van der Waals surface area (Å²) < 4.78 is 53.0. The van der Waals surface area contributed by atoms with E-state index in [0.717, 1.165) is 37.3 Å². The van der Waals surface area contributed by atoms with Crippen molar-refractivity contribution in [2.24, 2.45) is 19.8 Å². The van der Waals surface area contributed by atoms with Gasteiger partial charge in [0.25, 0.3) is 22.9 Å². The SMILES string of the molecule is Clc1ccc(Cl)nn1.Cn1nc(C(=O)Nc2ccc(Cc3ccc(F)c(Cl)c3)nn2)ccc1=O.Cn1nc(C(N)=O)ccc1=O.Fc1ccc(CBr)cc1Cl.Fc1ccc(Cc2ccc(Cl)nn2)cc1Cl.[CH2-]c1ccc(F)c(Cl)c1.[Zn+][Br]. The number of hydrogen-bond acceptors (Lipinski definition) is 12. The van der Waals surface area contributed by atoms with Gasteiger partial charge in [0.1, 0.15) is 34.7 Å². The van der Waals surface area contributed by atoms with Crippen LogP contribution in [0.1, 0.15) is 54.6 Å². The molecule has 0 spiro atoms. The molecule has 0 aliphatic heterocycles. The topological polar surface area (TPSA) is 219 Å². The molecule has 0 bridgehead atoms. The molecule has 82 heavy (non-hydrogen) atoms. The summed E-state index contributed by atoms with van der Waals surface area (Å²) in [5.74, 6) is -2.57. The molecule has 4 aromatic carbocycles. The van der Waals surface area contributed by atoms with E-state index in [9.17, 15) is 36.7 Å². The first-order chi connectivity index (χ1) is 38.9. The standard InChI is InChI=1S/C17H13ClFN5O2.C11H7Cl2FN2.C7H5BrClF.C7H5ClF.C6H7N3O2.C4H2Cl2N2.BrH.Zn/c1-24-16(25)7-5-14(23-24)17(26)20-15-6-3-11(21-22-15)8-10-2-4-13(19)12(18)9-10;12-9-6-7(1-3-10(9)14)5-8-2-4-11(13)16-15-8;8-4-5-1-2-7(10)6(9)3-5;1-5-2-3-7(9)6(8)4-5;1-9-5(10)3-2-4(8-9)6(7)11;5-3-1-2-4(6)8-7-3;;/h2-7,9H,8H2,1H3,(H,20,22,26);1-4,6H,5H2;1-3H,4H2;2-4H,1H2;2-3H,1H3,(H2,7,11);1-2H;1H;/q;;;-1;;;;+2/p-1. The van der Waals surface area contributed by atoms with Gasteiger partial charge >= 0.3 is 30.0 Å². The second-order valence-corrected chi connectivity index (χ2v) is 18.9. The summed E-state index contributed by atoms with van der Waals surface area (Å²) in [6, 6.07) is 33.0. The Labute approximate surface area is 525 Å². The van der Waals surface area contributed by atoms with Gasteiger partial charge in [-0.3, -0.25) is 19.2 Å². The molecular formula is C52H39Br2Cl7F4N12O4Zn. The number of hydrogen-bond donors (Lipinski definition) is 2. The number of aromatic nitrogens is 10. The van der Waals surface area contributed by atoms with Crippen LogP contribution >= 0.6 is 111 Å². The van der Waals surface area contributed by atoms with E-state index in [1.807, 2.05) is 0 Å². The molecule has 16 nitrogen and oxygen atoms in total. The second kappa shape index (κ2) is 36.6. The number of halogens is 13. The Balaban J connectivity index is 0.000000272. The third kappa shape index (κ3) is 25.7. The number of carbonyl (C=O) groups is 2. The molecule has 0 saturated carbocycles. The normalized spacial score (nSPS) is 9.91. The van der Waals surface area contributed by atoms with Crippen LogP contribution in [0.3, 0.4) is 0 Å². The summed E-state index contributed by atoms with van der Waals surface area (Å²) >= 11 is 46.2. The van der Waals surface area contributed by atoms with E-state index in [0.29, 0.717) is 39.3 Å². The number of nitrogens with zero attached hydrogens (tertiary/aromatic N) is 10. The molecule has 5 aromatic heterocycles. The number of aryl methyl sites for hydroxylation is 2. The fourth-order valence-electron chi connectivity index (χ4n) is 5.58. The first-order valence-corrected chi connectivity index (χ1v) is 33.2. The van der Waals surface area contributed by atoms with Crippen molar-refractivity contribution in [1.29, 1.82) is 0 Å². The van der Waals surface area contributed by atoms with Gasteiger partial charge in [-0.15, -0.1) is 26.5 Å². The maximum absolute atomic E-state index is 13.2. The van der Waals surface area contributed by atoms with Crippen molar-refractivity contribution in [3.8, 4) is 0 Å². The predicted octanol–water partition coefficient (Wildman–Crippen LogP) is 13.3. The molecular weight excluding hydrogens is 1410 g/mol. The zero-order valence-corrected chi connectivity index (χ0v) is 53.8. The van der Waals surface area contributed by atoms with E-state index in [4.69, 9.17) is 86.9 Å². The fraction of sp³-hybridized carbons (Fsp3) is 0.0962. The number of benzene rings is 4. The van der Waals surface area contributed by atoms with Crippen molar-refractivity contribution in [3.05, 3.63) is 265 Å². The van der Waals surface area contributed by atoms with Crippen LogP contribution in [-0.4, -0.2) is 62.0 Å². The van der Waals surface area contributed by atoms with Crippen LogP contribution in [0.5, 0.6) is 0 Å². The maximum atomic E-state index is 13.2. The van der Waals surface area contributed by atoms with Crippen LogP contribution in [-0.2, 0) is 48.6 Å². The quantitative estimate of drug-likeness (QED) is 0.0628. The number of rotatable bonds is 8. The van der Waals surface area contributed by atoms with Gasteiger partial charge in [0.05, 0.1) is 26.5 Å². The van der Waals surface area contributed by atoms with E-state index in [2.05, 4.69) is 82.6 Å². The van der Waals surface area contributed by atoms with Crippen LogP contribution < -0.4 is 22.2 Å². The molecule has 9 aromatic rings. The van der Waals surface area contributed by atoms with Gasteiger partial charge in [0, 0.05) is 49.4 Å². The van der Waals surface area contributed by atoms with Crippen LogP contribution in [0.15, 0.2) is 143 Å². The van der Waals surface area contributed by atoms with Gasteiger partial charge in [0.2, 0.25) is 0 Å². The summed E-state index contributed by atoms with van der Waals surface area (Å²) in [4.78, 5) is 44.7. The minimum absolute atomic E-state index is 0.0455. The molecule has 0 fully saturated rings. The number of nitrogens with two attached hydrogens (primary N) is 1. The molecule has 0 aliphatic rings. The number of primary amides is 1. The van der Waals surface area contributed by atoms with Crippen LogP contribution in [0, 0.1) is 30.2 Å². The molecule has 9 rings (SSSR count). The molecule has 424 valence electrons. The molecule has 3 N–H and O–H groups in total. The monoisotopic (exact) mass is 1440 g/mol. The third-order valence-electron chi connectivity index (χ3n) is 9.51. The van der Waals surface area contributed by atoms with Crippen LogP contribution in [0.25, 0.3) is 0 Å². The van der Waals surface area contributed by atoms with E-state index in [1.165, 1.54) is 91.1 Å². The van der Waals surface area contributed by atoms with Crippen LogP contribution in [0.4, 0.5) is 23.4 Å². The van der Waals surface area contributed by atoms with E-state index in [-0.39, 0.29) is 54.2 Å². The fourth-order valence-corrected chi connectivity index (χ4v) is 7.04. The van der Waals surface area contributed by atoms with E-state index in [1.54, 1.807) is 72.8 Å². The van der Waals surface area contributed by atoms with Crippen molar-refractivity contribution < 1.29 is 43.5 Å². The molecule has 0 unspecified atom stereocenters. The summed E-state index contributed by atoms with van der Waals surface area (Å²) in [6.07, 6.45) is 0.966. The number of anilines is 1. The van der Waals surface area contributed by atoms with Gasteiger partial charge in [0.15, 0.2) is 21.3 Å². The zero-order valence-electron chi connectivity index (χ0n) is 42.3. The number of alkyl halides is 1. The van der Waals surface area contributed by atoms with E-state index < -0.39 is 29.3 Å². The molecule has 0 radical (unpaired) electrons. The number of nitrogens with one attached hydrogen (secondary N) is 1. The Bertz CT molecular complexity index is 3650. The van der Waals surface area contributed by atoms with Crippen LogP contribution in [0.2, 0.25) is 35.5 Å². The average molecular weight is 1450 g/mol. The molecule has 2 amide bonds. The Kier molecular flexibility index (Phi) is 31.3. The first kappa shape index (κ1) is 70.3.